The fourth-order valence-electron chi connectivity index (χ4n) is 3.74. The molecule has 152 valence electrons. The number of benzene rings is 1. The van der Waals surface area contributed by atoms with Crippen LogP contribution in [0, 0.1) is 11.8 Å². The number of fused-ring (bicyclic) bond motifs is 1. The van der Waals surface area contributed by atoms with Crippen molar-refractivity contribution in [2.45, 2.75) is 35.1 Å². The van der Waals surface area contributed by atoms with E-state index in [1.54, 1.807) is 0 Å². The van der Waals surface area contributed by atoms with Gasteiger partial charge >= 0.3 is 5.97 Å². The van der Waals surface area contributed by atoms with Gasteiger partial charge in [0.05, 0.1) is 17.0 Å². The van der Waals surface area contributed by atoms with Gasteiger partial charge < -0.3 is 10.2 Å². The highest BCUT2D eigenvalue weighted by molar-refractivity contribution is 7.90. The largest absolute Gasteiger partial charge is 0.481 e. The summed E-state index contributed by atoms with van der Waals surface area (Å²) in [6.07, 6.45) is 1.20. The molecule has 1 aromatic carbocycles. The third kappa shape index (κ3) is 3.22. The zero-order valence-corrected chi connectivity index (χ0v) is 17.4. The quantitative estimate of drug-likeness (QED) is 0.541. The average Bonchev–Trinajstić information content (AvgIpc) is 2.74. The fourth-order valence-corrected chi connectivity index (χ4v) is 6.48. The van der Waals surface area contributed by atoms with Crippen LogP contribution in [0.5, 0.6) is 0 Å². The maximum Gasteiger partial charge on any atom is 0.313 e. The van der Waals surface area contributed by atoms with Crippen LogP contribution in [0.25, 0.3) is 0 Å². The minimum absolute atomic E-state index is 0.00814. The zero-order valence-electron chi connectivity index (χ0n) is 15.1. The second-order valence-electron chi connectivity index (χ2n) is 7.40. The topological polar surface area (TPSA) is 112 Å². The van der Waals surface area contributed by atoms with Crippen LogP contribution in [-0.4, -0.2) is 51.3 Å². The molecule has 1 aliphatic carbocycles. The molecule has 0 aromatic heterocycles. The molecule has 0 fully saturated rings. The number of carboxylic acids is 1. The Morgan fingerprint density at radius 2 is 1.93 bits per heavy atom. The second kappa shape index (κ2) is 6.73. The maximum atomic E-state index is 12.9. The number of carboxylic acid groups (broad SMARTS) is 1. The summed E-state index contributed by atoms with van der Waals surface area (Å²) < 4.78 is 26.3. The van der Waals surface area contributed by atoms with E-state index >= 15 is 0 Å². The van der Waals surface area contributed by atoms with Crippen LogP contribution in [0.4, 0.5) is 0 Å². The summed E-state index contributed by atoms with van der Waals surface area (Å²) in [6.45, 7) is 2.98. The van der Waals surface area contributed by atoms with Gasteiger partial charge in [0.25, 0.3) is 15.9 Å². The van der Waals surface area contributed by atoms with Crippen LogP contribution < -0.4 is 0 Å². The molecule has 0 radical (unpaired) electrons. The number of hydrogen-bond donors (Lipinski definition) is 2. The van der Waals surface area contributed by atoms with E-state index in [1.165, 1.54) is 30.3 Å². The zero-order chi connectivity index (χ0) is 21.1. The van der Waals surface area contributed by atoms with E-state index in [0.717, 1.165) is 0 Å². The lowest BCUT2D eigenvalue weighted by Gasteiger charge is -2.44. The fraction of sp³-hybridized carbons (Fsp3) is 0.444. The van der Waals surface area contributed by atoms with E-state index in [1.807, 2.05) is 13.8 Å². The van der Waals surface area contributed by atoms with Gasteiger partial charge in [0.1, 0.15) is 10.8 Å². The molecule has 7 nitrogen and oxygen atoms in total. The van der Waals surface area contributed by atoms with Crippen molar-refractivity contribution in [2.24, 2.45) is 11.8 Å². The number of carbonyl (C=O) groups is 2. The number of hydrogen-bond acceptors (Lipinski definition) is 5. The Morgan fingerprint density at radius 1 is 1.32 bits per heavy atom. The molecule has 28 heavy (non-hydrogen) atoms. The molecule has 3 unspecified atom stereocenters. The smallest absolute Gasteiger partial charge is 0.313 e. The predicted molar refractivity (Wildman–Crippen MR) is 103 cm³/mol. The summed E-state index contributed by atoms with van der Waals surface area (Å²) in [6, 6.07) is 5.70. The molecule has 1 amide bonds. The standard InChI is InChI=1S/C18H19Cl2NO6S/c1-10(2)11-7-17(19,14(16(23)24)18(20,25)8-11)9-21-15(22)12-5-3-4-6-13(12)28(21,26)27/h3-6,8,10,14,25H,7,9H2,1-2H3,(H,23,24). The first-order valence-corrected chi connectivity index (χ1v) is 10.7. The number of aliphatic carboxylic acids is 1. The highest BCUT2D eigenvalue weighted by Crippen LogP contribution is 2.49. The van der Waals surface area contributed by atoms with E-state index < -0.39 is 44.3 Å². The average molecular weight is 448 g/mol. The van der Waals surface area contributed by atoms with Crippen LogP contribution in [0.15, 0.2) is 40.8 Å². The summed E-state index contributed by atoms with van der Waals surface area (Å²) in [7, 11) is -4.19. The highest BCUT2D eigenvalue weighted by Gasteiger charge is 2.58. The van der Waals surface area contributed by atoms with Crippen molar-refractivity contribution in [3.63, 3.8) is 0 Å². The van der Waals surface area contributed by atoms with Crippen molar-refractivity contribution in [3.8, 4) is 0 Å². The lowest BCUT2D eigenvalue weighted by molar-refractivity contribution is -0.148. The molecule has 3 rings (SSSR count). The van der Waals surface area contributed by atoms with Crippen molar-refractivity contribution in [1.82, 2.24) is 4.31 Å². The molecule has 10 heteroatoms. The third-order valence-electron chi connectivity index (χ3n) is 5.12. The van der Waals surface area contributed by atoms with Crippen molar-refractivity contribution in [2.75, 3.05) is 6.54 Å². The molecule has 0 saturated heterocycles. The third-order valence-corrected chi connectivity index (χ3v) is 7.70. The van der Waals surface area contributed by atoms with Gasteiger partial charge in [-0.3, -0.25) is 9.59 Å². The number of aliphatic hydroxyl groups is 1. The lowest BCUT2D eigenvalue weighted by atomic mass is 9.74. The van der Waals surface area contributed by atoms with Crippen LogP contribution in [0.2, 0.25) is 0 Å². The number of rotatable bonds is 4. The van der Waals surface area contributed by atoms with E-state index in [-0.39, 0.29) is 22.8 Å². The number of carbonyl (C=O) groups excluding carboxylic acids is 1. The van der Waals surface area contributed by atoms with Gasteiger partial charge in [0, 0.05) is 0 Å². The lowest BCUT2D eigenvalue weighted by Crippen LogP contribution is -2.58. The number of sulfonamides is 1. The summed E-state index contributed by atoms with van der Waals surface area (Å²) >= 11 is 12.7. The first kappa shape index (κ1) is 21.1. The first-order valence-electron chi connectivity index (χ1n) is 8.52. The molecule has 1 heterocycles. The molecule has 2 aliphatic rings. The van der Waals surface area contributed by atoms with Gasteiger partial charge in [-0.05, 0) is 30.5 Å². The SMILES string of the molecule is CC(C)C1=CC(O)(Cl)C(C(=O)O)C(Cl)(CN2C(=O)c3ccccc3S2(=O)=O)C1. The highest BCUT2D eigenvalue weighted by atomic mass is 35.5. The van der Waals surface area contributed by atoms with Gasteiger partial charge in [-0.2, -0.15) is 0 Å². The number of halogens is 2. The summed E-state index contributed by atoms with van der Waals surface area (Å²) in [5.41, 5.74) is 0.567. The first-order chi connectivity index (χ1) is 12.8. The number of alkyl halides is 2. The van der Waals surface area contributed by atoms with Crippen molar-refractivity contribution in [1.29, 1.82) is 0 Å². The molecule has 0 spiro atoms. The molecule has 3 atom stereocenters. The van der Waals surface area contributed by atoms with E-state index in [2.05, 4.69) is 0 Å². The Kier molecular flexibility index (Phi) is 5.07. The predicted octanol–water partition coefficient (Wildman–Crippen LogP) is 2.42. The van der Waals surface area contributed by atoms with Gasteiger partial charge in [-0.15, -0.1) is 11.6 Å². The molecule has 2 N–H and O–H groups in total. The molecule has 0 bridgehead atoms. The Hall–Kier alpha value is -1.61. The number of nitrogens with zero attached hydrogens (tertiary/aromatic N) is 1. The van der Waals surface area contributed by atoms with Gasteiger partial charge in [0.2, 0.25) is 0 Å². The Labute approximate surface area is 172 Å². The Morgan fingerprint density at radius 3 is 2.46 bits per heavy atom. The van der Waals surface area contributed by atoms with Crippen LogP contribution in [0.3, 0.4) is 0 Å². The normalized spacial score (nSPS) is 31.6. The van der Waals surface area contributed by atoms with E-state index in [9.17, 15) is 28.2 Å². The van der Waals surface area contributed by atoms with E-state index in [0.29, 0.717) is 9.88 Å². The summed E-state index contributed by atoms with van der Waals surface area (Å²) in [5, 5.41) is 17.9. The molecular formula is C18H19Cl2NO6S. The molecule has 0 saturated carbocycles. The minimum atomic E-state index is -4.19. The molecular weight excluding hydrogens is 429 g/mol. The Balaban J connectivity index is 2.08. The number of allylic oxidation sites excluding steroid dienone is 1. The minimum Gasteiger partial charge on any atom is -0.481 e. The van der Waals surface area contributed by atoms with Crippen molar-refractivity contribution < 1.29 is 28.2 Å². The van der Waals surface area contributed by atoms with Gasteiger partial charge in [-0.25, -0.2) is 12.7 Å². The van der Waals surface area contributed by atoms with Crippen LogP contribution in [0.1, 0.15) is 30.6 Å². The second-order valence-corrected chi connectivity index (χ2v) is 10.6. The monoisotopic (exact) mass is 447 g/mol. The van der Waals surface area contributed by atoms with Gasteiger partial charge in [-0.1, -0.05) is 43.2 Å². The summed E-state index contributed by atoms with van der Waals surface area (Å²) in [5.74, 6) is -4.15. The van der Waals surface area contributed by atoms with Crippen LogP contribution >= 0.6 is 23.2 Å². The molecule has 1 aromatic rings. The van der Waals surface area contributed by atoms with Crippen molar-refractivity contribution >= 4 is 45.1 Å². The maximum absolute atomic E-state index is 12.9. The van der Waals surface area contributed by atoms with E-state index in [4.69, 9.17) is 23.2 Å². The Bertz CT molecular complexity index is 988. The molecule has 1 aliphatic heterocycles. The van der Waals surface area contributed by atoms with Crippen molar-refractivity contribution in [3.05, 3.63) is 41.5 Å². The summed E-state index contributed by atoms with van der Waals surface area (Å²) in [4.78, 5) is 22.6. The number of amides is 1. The van der Waals surface area contributed by atoms with Gasteiger partial charge in [0.15, 0.2) is 5.06 Å². The van der Waals surface area contributed by atoms with Crippen LogP contribution in [-0.2, 0) is 14.8 Å².